The van der Waals surface area contributed by atoms with Crippen molar-refractivity contribution < 1.29 is 14.3 Å². The van der Waals surface area contributed by atoms with Crippen LogP contribution in [-0.4, -0.2) is 65.8 Å². The van der Waals surface area contributed by atoms with E-state index in [1.807, 2.05) is 9.80 Å². The van der Waals surface area contributed by atoms with Gasteiger partial charge >= 0.3 is 0 Å². The largest absolute Gasteiger partial charge is 0.368 e. The van der Waals surface area contributed by atoms with Crippen LogP contribution < -0.4 is 0 Å². The van der Waals surface area contributed by atoms with E-state index < -0.39 is 0 Å². The van der Waals surface area contributed by atoms with Crippen LogP contribution in [0.5, 0.6) is 0 Å². The Labute approximate surface area is 128 Å². The van der Waals surface area contributed by atoms with E-state index in [2.05, 4.69) is 15.9 Å². The van der Waals surface area contributed by atoms with Crippen molar-refractivity contribution in [1.29, 1.82) is 0 Å². The molecule has 114 valence electrons. The molecule has 2 amide bonds. The predicted molar refractivity (Wildman–Crippen MR) is 79.8 cm³/mol. The van der Waals surface area contributed by atoms with Crippen LogP contribution in [-0.2, 0) is 14.3 Å². The predicted octanol–water partition coefficient (Wildman–Crippen LogP) is 1.40. The van der Waals surface area contributed by atoms with E-state index in [9.17, 15) is 9.59 Å². The van der Waals surface area contributed by atoms with Crippen molar-refractivity contribution >= 4 is 27.7 Å². The molecule has 2 rings (SSSR count). The van der Waals surface area contributed by atoms with Crippen LogP contribution >= 0.6 is 15.9 Å². The van der Waals surface area contributed by atoms with Crippen molar-refractivity contribution in [3.05, 3.63) is 0 Å². The van der Waals surface area contributed by atoms with Gasteiger partial charge in [-0.15, -0.1) is 0 Å². The zero-order valence-electron chi connectivity index (χ0n) is 11.9. The lowest BCUT2D eigenvalue weighted by Crippen LogP contribution is -2.52. The second-order valence-corrected chi connectivity index (χ2v) is 6.15. The Kier molecular flexibility index (Phi) is 6.29. The van der Waals surface area contributed by atoms with Crippen LogP contribution in [0.2, 0.25) is 0 Å². The van der Waals surface area contributed by atoms with Gasteiger partial charge in [-0.1, -0.05) is 15.9 Å². The highest BCUT2D eigenvalue weighted by Crippen LogP contribution is 2.16. The minimum atomic E-state index is -0.240. The average Bonchev–Trinajstić information content (AvgIpc) is 3.01. The van der Waals surface area contributed by atoms with Crippen LogP contribution in [0.4, 0.5) is 0 Å². The van der Waals surface area contributed by atoms with Crippen molar-refractivity contribution in [3.63, 3.8) is 0 Å². The SMILES string of the molecule is O=C(CCCCBr)N1CCN(C(=O)C2CCCO2)CC1. The second kappa shape index (κ2) is 7.98. The number of carbonyl (C=O) groups is 2. The zero-order valence-corrected chi connectivity index (χ0v) is 13.4. The molecule has 2 aliphatic heterocycles. The molecule has 2 heterocycles. The maximum atomic E-state index is 12.2. The summed E-state index contributed by atoms with van der Waals surface area (Å²) in [5, 5.41) is 0.948. The Balaban J connectivity index is 1.71. The monoisotopic (exact) mass is 346 g/mol. The minimum Gasteiger partial charge on any atom is -0.368 e. The third kappa shape index (κ3) is 4.19. The van der Waals surface area contributed by atoms with E-state index in [-0.39, 0.29) is 17.9 Å². The molecule has 0 aromatic carbocycles. The molecule has 0 aromatic rings. The third-order valence-electron chi connectivity index (χ3n) is 3.92. The number of unbranched alkanes of at least 4 members (excludes halogenated alkanes) is 1. The van der Waals surface area contributed by atoms with E-state index in [0.717, 1.165) is 31.0 Å². The lowest BCUT2D eigenvalue weighted by atomic mass is 10.2. The third-order valence-corrected chi connectivity index (χ3v) is 4.48. The molecule has 0 bridgehead atoms. The van der Waals surface area contributed by atoms with Gasteiger partial charge in [-0.05, 0) is 25.7 Å². The number of hydrogen-bond acceptors (Lipinski definition) is 3. The zero-order chi connectivity index (χ0) is 14.4. The molecule has 2 aliphatic rings. The number of alkyl halides is 1. The van der Waals surface area contributed by atoms with Gasteiger partial charge in [0.1, 0.15) is 6.10 Å². The molecule has 5 nitrogen and oxygen atoms in total. The first-order chi connectivity index (χ1) is 9.72. The minimum absolute atomic E-state index is 0.105. The van der Waals surface area contributed by atoms with Crippen LogP contribution in [0.15, 0.2) is 0 Å². The number of halogens is 1. The summed E-state index contributed by atoms with van der Waals surface area (Å²) in [7, 11) is 0. The molecule has 0 radical (unpaired) electrons. The van der Waals surface area contributed by atoms with E-state index in [1.165, 1.54) is 0 Å². The average molecular weight is 347 g/mol. The van der Waals surface area contributed by atoms with Gasteiger partial charge in [-0.2, -0.15) is 0 Å². The van der Waals surface area contributed by atoms with Crippen molar-refractivity contribution in [3.8, 4) is 0 Å². The van der Waals surface area contributed by atoms with Crippen molar-refractivity contribution in [2.24, 2.45) is 0 Å². The smallest absolute Gasteiger partial charge is 0.251 e. The number of hydrogen-bond donors (Lipinski definition) is 0. The molecule has 20 heavy (non-hydrogen) atoms. The molecule has 0 saturated carbocycles. The molecule has 6 heteroatoms. The van der Waals surface area contributed by atoms with Gasteiger partial charge < -0.3 is 14.5 Å². The number of piperazine rings is 1. The number of ether oxygens (including phenoxy) is 1. The van der Waals surface area contributed by atoms with Gasteiger partial charge in [0.25, 0.3) is 5.91 Å². The fourth-order valence-electron chi connectivity index (χ4n) is 2.68. The van der Waals surface area contributed by atoms with Gasteiger partial charge in [0.2, 0.25) is 5.91 Å². The van der Waals surface area contributed by atoms with Gasteiger partial charge in [-0.25, -0.2) is 0 Å². The Morgan fingerprint density at radius 3 is 2.40 bits per heavy atom. The van der Waals surface area contributed by atoms with Gasteiger partial charge in [0.15, 0.2) is 0 Å². The Bertz CT molecular complexity index is 337. The quantitative estimate of drug-likeness (QED) is 0.558. The highest BCUT2D eigenvalue weighted by atomic mass is 79.9. The fraction of sp³-hybridized carbons (Fsp3) is 0.857. The summed E-state index contributed by atoms with van der Waals surface area (Å²) >= 11 is 3.37. The molecule has 0 N–H and O–H groups in total. The summed E-state index contributed by atoms with van der Waals surface area (Å²) in [6, 6.07) is 0. The van der Waals surface area contributed by atoms with Crippen LogP contribution in [0.3, 0.4) is 0 Å². The van der Waals surface area contributed by atoms with E-state index in [1.54, 1.807) is 0 Å². The fourth-order valence-corrected chi connectivity index (χ4v) is 3.08. The topological polar surface area (TPSA) is 49.9 Å². The van der Waals surface area contributed by atoms with E-state index >= 15 is 0 Å². The van der Waals surface area contributed by atoms with Crippen LogP contribution in [0, 0.1) is 0 Å². The molecule has 2 fully saturated rings. The molecule has 0 spiro atoms. The summed E-state index contributed by atoms with van der Waals surface area (Å²) in [6.45, 7) is 3.30. The normalized spacial score (nSPS) is 23.1. The first-order valence-corrected chi connectivity index (χ1v) is 8.58. The Hall–Kier alpha value is -0.620. The highest BCUT2D eigenvalue weighted by Gasteiger charge is 2.31. The first-order valence-electron chi connectivity index (χ1n) is 7.46. The highest BCUT2D eigenvalue weighted by molar-refractivity contribution is 9.09. The van der Waals surface area contributed by atoms with Crippen molar-refractivity contribution in [2.45, 2.75) is 38.2 Å². The van der Waals surface area contributed by atoms with E-state index in [4.69, 9.17) is 4.74 Å². The van der Waals surface area contributed by atoms with Crippen molar-refractivity contribution in [2.75, 3.05) is 38.1 Å². The molecule has 1 unspecified atom stereocenters. The molecular weight excluding hydrogens is 324 g/mol. The molecule has 1 atom stereocenters. The lowest BCUT2D eigenvalue weighted by Gasteiger charge is -2.35. The second-order valence-electron chi connectivity index (χ2n) is 5.35. The summed E-state index contributed by atoms with van der Waals surface area (Å²) in [5.41, 5.74) is 0. The van der Waals surface area contributed by atoms with Crippen LogP contribution in [0.1, 0.15) is 32.1 Å². The van der Waals surface area contributed by atoms with E-state index in [0.29, 0.717) is 39.2 Å². The Morgan fingerprint density at radius 2 is 1.80 bits per heavy atom. The van der Waals surface area contributed by atoms with Gasteiger partial charge in [0.05, 0.1) is 0 Å². The Morgan fingerprint density at radius 1 is 1.10 bits per heavy atom. The first kappa shape index (κ1) is 15.8. The van der Waals surface area contributed by atoms with Crippen LogP contribution in [0.25, 0.3) is 0 Å². The number of amides is 2. The summed E-state index contributed by atoms with van der Waals surface area (Å²) in [4.78, 5) is 27.9. The molecule has 0 aliphatic carbocycles. The summed E-state index contributed by atoms with van der Waals surface area (Å²) < 4.78 is 5.43. The maximum absolute atomic E-state index is 12.2. The number of nitrogens with zero attached hydrogens (tertiary/aromatic N) is 2. The van der Waals surface area contributed by atoms with Gasteiger partial charge in [-0.3, -0.25) is 9.59 Å². The standard InChI is InChI=1S/C14H23BrN2O3/c15-6-2-1-5-13(18)16-7-9-17(10-8-16)14(19)12-4-3-11-20-12/h12H,1-11H2. The molecular formula is C14H23BrN2O3. The lowest BCUT2D eigenvalue weighted by molar-refractivity contribution is -0.146. The summed E-state index contributed by atoms with van der Waals surface area (Å²) in [5.74, 6) is 0.323. The van der Waals surface area contributed by atoms with Gasteiger partial charge in [0, 0.05) is 44.5 Å². The number of carbonyl (C=O) groups excluding carboxylic acids is 2. The van der Waals surface area contributed by atoms with Crippen molar-refractivity contribution in [1.82, 2.24) is 9.80 Å². The molecule has 0 aromatic heterocycles. The molecule has 2 saturated heterocycles. The summed E-state index contributed by atoms with van der Waals surface area (Å²) in [6.07, 6.45) is 4.15. The maximum Gasteiger partial charge on any atom is 0.251 e. The number of rotatable bonds is 5.